The van der Waals surface area contributed by atoms with Crippen molar-refractivity contribution in [3.63, 3.8) is 0 Å². The van der Waals surface area contributed by atoms with Crippen LogP contribution in [0.1, 0.15) is 65.2 Å². The van der Waals surface area contributed by atoms with E-state index in [-0.39, 0.29) is 22.9 Å². The highest BCUT2D eigenvalue weighted by Gasteiger charge is 2.67. The van der Waals surface area contributed by atoms with E-state index in [2.05, 4.69) is 13.5 Å². The van der Waals surface area contributed by atoms with Gasteiger partial charge in [0.2, 0.25) is 0 Å². The van der Waals surface area contributed by atoms with E-state index < -0.39 is 11.4 Å². The fourth-order valence-electron chi connectivity index (χ4n) is 7.62. The summed E-state index contributed by atoms with van der Waals surface area (Å²) in [5, 5.41) is 20.9. The van der Waals surface area contributed by atoms with Crippen molar-refractivity contribution in [3.8, 4) is 0 Å². The van der Waals surface area contributed by atoms with Crippen molar-refractivity contribution in [2.24, 2.45) is 34.0 Å². The lowest BCUT2D eigenvalue weighted by Crippen LogP contribution is -2.60. The van der Waals surface area contributed by atoms with Gasteiger partial charge in [-0.25, -0.2) is 0 Å². The van der Waals surface area contributed by atoms with Gasteiger partial charge in [0.05, 0.1) is 11.5 Å². The number of hydrogen-bond donors (Lipinski definition) is 2. The Morgan fingerprint density at radius 1 is 1.13 bits per heavy atom. The van der Waals surface area contributed by atoms with Crippen LogP contribution in [0.4, 0.5) is 0 Å². The molecule has 4 saturated carbocycles. The maximum atomic E-state index is 12.0. The molecule has 4 aliphatic carbocycles. The summed E-state index contributed by atoms with van der Waals surface area (Å²) >= 11 is 0. The van der Waals surface area contributed by atoms with Gasteiger partial charge >= 0.3 is 5.97 Å². The zero-order chi connectivity index (χ0) is 16.6. The quantitative estimate of drug-likeness (QED) is 0.718. The molecular formula is C20H30O3. The van der Waals surface area contributed by atoms with Gasteiger partial charge in [-0.2, -0.15) is 0 Å². The Balaban J connectivity index is 1.78. The van der Waals surface area contributed by atoms with Crippen LogP contribution < -0.4 is 0 Å². The normalized spacial score (nSPS) is 55.2. The second kappa shape index (κ2) is 4.62. The standard InChI is InChI=1S/C20H30O3/c1-12-13-5-6-15-18(2)8-4-9-19(3,17(22)23)14(18)7-10-20(15,11-13)16(12)21/h13-16,21H,1,4-11H2,2-3H3,(H,22,23)/t13?,14?,15?,16-,18+,19+,20?/m0/s1. The van der Waals surface area contributed by atoms with Crippen molar-refractivity contribution >= 4 is 5.97 Å². The number of carboxylic acid groups (broad SMARTS) is 1. The molecule has 2 bridgehead atoms. The summed E-state index contributed by atoms with van der Waals surface area (Å²) < 4.78 is 0. The highest BCUT2D eigenvalue weighted by atomic mass is 16.4. The highest BCUT2D eigenvalue weighted by molar-refractivity contribution is 5.75. The Bertz CT molecular complexity index is 569. The summed E-state index contributed by atoms with van der Waals surface area (Å²) in [4.78, 5) is 12.0. The number of carbonyl (C=O) groups is 1. The van der Waals surface area contributed by atoms with Crippen LogP contribution in [0.3, 0.4) is 0 Å². The minimum absolute atomic E-state index is 0.0119. The molecule has 4 fully saturated rings. The SMILES string of the molecule is C=C1C2CCC3C(CCC4[C@@]3(C)CCC[C@@]4(C)C(=O)O)(C2)[C@H]1O. The van der Waals surface area contributed by atoms with Gasteiger partial charge in [0.25, 0.3) is 0 Å². The number of rotatable bonds is 1. The molecule has 2 N–H and O–H groups in total. The molecule has 0 saturated heterocycles. The van der Waals surface area contributed by atoms with E-state index in [1.54, 1.807) is 0 Å². The van der Waals surface area contributed by atoms with E-state index in [0.29, 0.717) is 11.8 Å². The first-order valence-corrected chi connectivity index (χ1v) is 9.36. The summed E-state index contributed by atoms with van der Waals surface area (Å²) in [5.41, 5.74) is 0.514. The maximum Gasteiger partial charge on any atom is 0.309 e. The molecule has 0 amide bonds. The predicted octanol–water partition coefficient (Wildman–Crippen LogP) is 4.01. The first kappa shape index (κ1) is 15.7. The second-order valence-corrected chi connectivity index (χ2v) is 9.41. The summed E-state index contributed by atoms with van der Waals surface area (Å²) in [6.45, 7) is 8.53. The van der Waals surface area contributed by atoms with Gasteiger partial charge < -0.3 is 10.2 Å². The summed E-state index contributed by atoms with van der Waals surface area (Å²) in [5.74, 6) is 0.581. The van der Waals surface area contributed by atoms with E-state index in [1.165, 1.54) is 0 Å². The van der Waals surface area contributed by atoms with Crippen molar-refractivity contribution in [2.45, 2.75) is 71.3 Å². The predicted molar refractivity (Wildman–Crippen MR) is 88.8 cm³/mol. The molecular weight excluding hydrogens is 288 g/mol. The van der Waals surface area contributed by atoms with E-state index in [1.807, 2.05) is 6.92 Å². The Hall–Kier alpha value is -0.830. The molecule has 0 heterocycles. The molecule has 128 valence electrons. The van der Waals surface area contributed by atoms with Crippen LogP contribution in [0.5, 0.6) is 0 Å². The van der Waals surface area contributed by atoms with E-state index in [4.69, 9.17) is 0 Å². The van der Waals surface area contributed by atoms with Crippen molar-refractivity contribution in [1.82, 2.24) is 0 Å². The molecule has 0 aromatic rings. The summed E-state index contributed by atoms with van der Waals surface area (Å²) in [6.07, 6.45) is 7.86. The zero-order valence-corrected chi connectivity index (χ0v) is 14.5. The van der Waals surface area contributed by atoms with Crippen LogP contribution in [0, 0.1) is 34.0 Å². The zero-order valence-electron chi connectivity index (χ0n) is 14.5. The van der Waals surface area contributed by atoms with E-state index in [0.717, 1.165) is 56.9 Å². The highest BCUT2D eigenvalue weighted by Crippen LogP contribution is 2.72. The largest absolute Gasteiger partial charge is 0.481 e. The fourth-order valence-corrected chi connectivity index (χ4v) is 7.62. The third kappa shape index (κ3) is 1.72. The Morgan fingerprint density at radius 2 is 1.87 bits per heavy atom. The van der Waals surface area contributed by atoms with E-state index in [9.17, 15) is 15.0 Å². The number of carboxylic acids is 1. The van der Waals surface area contributed by atoms with Gasteiger partial charge in [-0.1, -0.05) is 19.9 Å². The summed E-state index contributed by atoms with van der Waals surface area (Å²) in [7, 11) is 0. The van der Waals surface area contributed by atoms with Crippen LogP contribution >= 0.6 is 0 Å². The lowest BCUT2D eigenvalue weighted by Gasteiger charge is -2.63. The lowest BCUT2D eigenvalue weighted by molar-refractivity contribution is -0.190. The number of aliphatic hydroxyl groups excluding tert-OH is 1. The van der Waals surface area contributed by atoms with Crippen molar-refractivity contribution in [3.05, 3.63) is 12.2 Å². The van der Waals surface area contributed by atoms with Crippen LogP contribution in [-0.2, 0) is 4.79 Å². The molecule has 4 aliphatic rings. The molecule has 0 radical (unpaired) electrons. The Morgan fingerprint density at radius 3 is 2.57 bits per heavy atom. The van der Waals surface area contributed by atoms with Gasteiger partial charge in [0.1, 0.15) is 0 Å². The smallest absolute Gasteiger partial charge is 0.309 e. The Labute approximate surface area is 139 Å². The minimum atomic E-state index is -0.616. The average molecular weight is 318 g/mol. The third-order valence-electron chi connectivity index (χ3n) is 8.70. The van der Waals surface area contributed by atoms with Gasteiger partial charge in [0.15, 0.2) is 0 Å². The van der Waals surface area contributed by atoms with Gasteiger partial charge in [0, 0.05) is 5.41 Å². The average Bonchev–Trinajstić information content (AvgIpc) is 2.68. The first-order chi connectivity index (χ1) is 10.8. The first-order valence-electron chi connectivity index (χ1n) is 9.36. The molecule has 0 aromatic carbocycles. The van der Waals surface area contributed by atoms with Crippen LogP contribution in [0.25, 0.3) is 0 Å². The topological polar surface area (TPSA) is 57.5 Å². The molecule has 4 unspecified atom stereocenters. The number of aliphatic hydroxyl groups is 1. The molecule has 3 heteroatoms. The number of aliphatic carboxylic acids is 1. The van der Waals surface area contributed by atoms with Gasteiger partial charge in [-0.05, 0) is 80.6 Å². The van der Waals surface area contributed by atoms with Crippen molar-refractivity contribution < 1.29 is 15.0 Å². The Kier molecular flexibility index (Phi) is 3.15. The molecule has 3 nitrogen and oxygen atoms in total. The molecule has 0 aliphatic heterocycles. The number of hydrogen-bond acceptors (Lipinski definition) is 2. The minimum Gasteiger partial charge on any atom is -0.481 e. The molecule has 0 aromatic heterocycles. The molecule has 1 spiro atoms. The fraction of sp³-hybridized carbons (Fsp3) is 0.850. The lowest BCUT2D eigenvalue weighted by atomic mass is 9.40. The van der Waals surface area contributed by atoms with E-state index >= 15 is 0 Å². The van der Waals surface area contributed by atoms with Gasteiger partial charge in [-0.15, -0.1) is 0 Å². The second-order valence-electron chi connectivity index (χ2n) is 9.41. The van der Waals surface area contributed by atoms with Crippen LogP contribution in [0.2, 0.25) is 0 Å². The van der Waals surface area contributed by atoms with Crippen LogP contribution in [-0.4, -0.2) is 22.3 Å². The van der Waals surface area contributed by atoms with Gasteiger partial charge in [-0.3, -0.25) is 4.79 Å². The molecule has 23 heavy (non-hydrogen) atoms. The molecule has 4 rings (SSSR count). The maximum absolute atomic E-state index is 12.0. The van der Waals surface area contributed by atoms with Crippen LogP contribution in [0.15, 0.2) is 12.2 Å². The monoisotopic (exact) mass is 318 g/mol. The van der Waals surface area contributed by atoms with Crippen molar-refractivity contribution in [1.29, 1.82) is 0 Å². The third-order valence-corrected chi connectivity index (χ3v) is 8.70. The summed E-state index contributed by atoms with van der Waals surface area (Å²) in [6, 6.07) is 0. The van der Waals surface area contributed by atoms with Crippen molar-refractivity contribution in [2.75, 3.05) is 0 Å². The molecule has 7 atom stereocenters. The number of fused-ring (bicyclic) bond motifs is 3.